The molecule has 2 heterocycles. The monoisotopic (exact) mass is 549 g/mol. The van der Waals surface area contributed by atoms with Gasteiger partial charge < -0.3 is 10.1 Å². The van der Waals surface area contributed by atoms with Crippen LogP contribution in [0.15, 0.2) is 35.2 Å². The number of hydrogen-bond acceptors (Lipinski definition) is 9. The summed E-state index contributed by atoms with van der Waals surface area (Å²) < 4.78 is 80.4. The number of rotatable bonds is 6. The first-order valence-electron chi connectivity index (χ1n) is 11.0. The maximum Gasteiger partial charge on any atom is 0.435 e. The topological polar surface area (TPSA) is 155 Å². The molecular weight excluding hydrogens is 530 g/mol. The summed E-state index contributed by atoms with van der Waals surface area (Å²) in [4.78, 5) is 13.2. The molecule has 1 saturated carbocycles. The fourth-order valence-corrected chi connectivity index (χ4v) is 4.52. The van der Waals surface area contributed by atoms with Gasteiger partial charge in [-0.2, -0.15) is 18.4 Å². The second kappa shape index (κ2) is 9.60. The van der Waals surface area contributed by atoms with E-state index >= 15 is 0 Å². The van der Waals surface area contributed by atoms with Crippen molar-refractivity contribution in [2.45, 2.75) is 42.7 Å². The lowest BCUT2D eigenvalue weighted by atomic mass is 9.68. The molecule has 2 aromatic heterocycles. The molecule has 38 heavy (non-hydrogen) atoms. The van der Waals surface area contributed by atoms with Crippen LogP contribution in [0.4, 0.5) is 23.2 Å². The number of ether oxygens (including phenoxy) is 1. The third-order valence-electron chi connectivity index (χ3n) is 6.04. The number of aromatic nitrogens is 4. The van der Waals surface area contributed by atoms with E-state index in [-0.39, 0.29) is 16.3 Å². The fourth-order valence-electron chi connectivity index (χ4n) is 3.82. The van der Waals surface area contributed by atoms with Crippen molar-refractivity contribution in [3.8, 4) is 17.8 Å². The van der Waals surface area contributed by atoms with Crippen molar-refractivity contribution in [2.24, 2.45) is 0 Å². The van der Waals surface area contributed by atoms with Crippen LogP contribution in [0.5, 0.6) is 11.8 Å². The van der Waals surface area contributed by atoms with Gasteiger partial charge in [0, 0.05) is 22.9 Å². The SMILES string of the molecule is Cc1c(C(F)(F)F)nnc(Oc2nnc(C3(C#N)CCC3)cc2F)c1C(=O)Nc1cccc(S(C)(=N)=O)c1. The average Bonchev–Trinajstić information content (AvgIpc) is 2.79. The summed E-state index contributed by atoms with van der Waals surface area (Å²) >= 11 is 0. The Morgan fingerprint density at radius 3 is 2.42 bits per heavy atom. The Kier molecular flexibility index (Phi) is 6.79. The molecule has 1 amide bonds. The molecule has 1 fully saturated rings. The summed E-state index contributed by atoms with van der Waals surface area (Å²) in [6.07, 6.45) is -2.10. The summed E-state index contributed by atoms with van der Waals surface area (Å²) in [6.45, 7) is 0.969. The highest BCUT2D eigenvalue weighted by molar-refractivity contribution is 7.91. The smallest absolute Gasteiger partial charge is 0.414 e. The van der Waals surface area contributed by atoms with E-state index in [2.05, 4.69) is 31.8 Å². The molecule has 0 saturated heterocycles. The number of benzene rings is 1. The predicted octanol–water partition coefficient (Wildman–Crippen LogP) is 4.76. The molecule has 0 aliphatic heterocycles. The Morgan fingerprint density at radius 1 is 1.18 bits per heavy atom. The van der Waals surface area contributed by atoms with Gasteiger partial charge in [0.05, 0.1) is 21.5 Å². The first-order valence-corrected chi connectivity index (χ1v) is 12.9. The average molecular weight is 550 g/mol. The van der Waals surface area contributed by atoms with Crippen molar-refractivity contribution in [1.29, 1.82) is 10.0 Å². The molecule has 0 radical (unpaired) electrons. The molecule has 1 unspecified atom stereocenters. The Hall–Kier alpha value is -4.19. The number of nitrogens with zero attached hydrogens (tertiary/aromatic N) is 5. The molecule has 1 atom stereocenters. The van der Waals surface area contributed by atoms with Crippen LogP contribution in [0, 0.1) is 28.9 Å². The first kappa shape index (κ1) is 26.9. The first-order chi connectivity index (χ1) is 17.7. The Morgan fingerprint density at radius 2 is 1.87 bits per heavy atom. The molecule has 1 aromatic carbocycles. The number of hydrogen-bond donors (Lipinski definition) is 2. The largest absolute Gasteiger partial charge is 0.435 e. The van der Waals surface area contributed by atoms with Gasteiger partial charge in [-0.05, 0) is 49.9 Å². The van der Waals surface area contributed by atoms with Crippen molar-refractivity contribution >= 4 is 21.3 Å². The highest BCUT2D eigenvalue weighted by atomic mass is 32.2. The number of nitrogens with one attached hydrogen (secondary N) is 2. The van der Waals surface area contributed by atoms with E-state index in [1.54, 1.807) is 0 Å². The normalized spacial score (nSPS) is 16.0. The van der Waals surface area contributed by atoms with Gasteiger partial charge in [-0.15, -0.1) is 20.4 Å². The maximum atomic E-state index is 14.9. The van der Waals surface area contributed by atoms with Crippen molar-refractivity contribution in [1.82, 2.24) is 20.4 Å². The Bertz CT molecular complexity index is 1580. The van der Waals surface area contributed by atoms with Gasteiger partial charge >= 0.3 is 6.18 Å². The third kappa shape index (κ3) is 5.12. The van der Waals surface area contributed by atoms with Crippen LogP contribution in [-0.2, 0) is 21.3 Å². The fraction of sp³-hybridized carbons (Fsp3) is 0.304. The molecule has 10 nitrogen and oxygen atoms in total. The summed E-state index contributed by atoms with van der Waals surface area (Å²) in [5.74, 6) is -3.75. The zero-order valence-corrected chi connectivity index (χ0v) is 20.7. The number of anilines is 1. The summed E-state index contributed by atoms with van der Waals surface area (Å²) in [7, 11) is -3.15. The van der Waals surface area contributed by atoms with Crippen LogP contribution < -0.4 is 10.1 Å². The van der Waals surface area contributed by atoms with Gasteiger partial charge in [0.25, 0.3) is 17.7 Å². The third-order valence-corrected chi connectivity index (χ3v) is 7.20. The molecule has 3 aromatic rings. The van der Waals surface area contributed by atoms with Gasteiger partial charge in [0.15, 0.2) is 11.5 Å². The van der Waals surface area contributed by atoms with E-state index in [1.165, 1.54) is 24.3 Å². The molecule has 198 valence electrons. The number of carbonyl (C=O) groups is 1. The van der Waals surface area contributed by atoms with E-state index in [4.69, 9.17) is 9.52 Å². The van der Waals surface area contributed by atoms with Crippen LogP contribution in [0.1, 0.15) is 46.6 Å². The minimum Gasteiger partial charge on any atom is -0.414 e. The second-order valence-electron chi connectivity index (χ2n) is 8.71. The zero-order valence-electron chi connectivity index (χ0n) is 19.9. The number of carbonyl (C=O) groups excluding carboxylic acids is 1. The highest BCUT2D eigenvalue weighted by Crippen LogP contribution is 2.43. The van der Waals surface area contributed by atoms with E-state index in [9.17, 15) is 31.8 Å². The molecule has 15 heteroatoms. The standard InChI is InChI=1S/C23H19F4N7O3S/c1-12-17(19(35)30-13-5-3-6-14(9-13)38(2,29)36)21(34-32-18(12)23(25,26)27)37-20-15(24)10-16(31-33-20)22(11-28)7-4-8-22/h3,5-6,9-10,29H,4,7-8H2,1-2H3,(H,30,35). The zero-order chi connectivity index (χ0) is 27.9. The van der Waals surface area contributed by atoms with Gasteiger partial charge in [0.1, 0.15) is 11.0 Å². The van der Waals surface area contributed by atoms with E-state index in [0.717, 1.165) is 25.7 Å². The summed E-state index contributed by atoms with van der Waals surface area (Å²) in [5, 5.41) is 25.7. The van der Waals surface area contributed by atoms with Crippen molar-refractivity contribution in [3.63, 3.8) is 0 Å². The lowest BCUT2D eigenvalue weighted by Crippen LogP contribution is -2.33. The van der Waals surface area contributed by atoms with Crippen LogP contribution >= 0.6 is 0 Å². The van der Waals surface area contributed by atoms with Gasteiger partial charge in [-0.25, -0.2) is 13.4 Å². The van der Waals surface area contributed by atoms with Gasteiger partial charge in [0.2, 0.25) is 0 Å². The summed E-state index contributed by atoms with van der Waals surface area (Å²) in [5.41, 5.74) is -3.68. The molecule has 2 N–H and O–H groups in total. The maximum absolute atomic E-state index is 14.9. The van der Waals surface area contributed by atoms with Crippen LogP contribution in [0.2, 0.25) is 0 Å². The van der Waals surface area contributed by atoms with Crippen molar-refractivity contribution in [2.75, 3.05) is 11.6 Å². The minimum absolute atomic E-state index is 0.0303. The predicted molar refractivity (Wildman–Crippen MR) is 124 cm³/mol. The molecule has 4 rings (SSSR count). The number of amides is 1. The number of alkyl halides is 3. The molecule has 0 spiro atoms. The Labute approximate surface area is 214 Å². The Balaban J connectivity index is 1.73. The number of nitriles is 1. The number of halogens is 4. The molecular formula is C23H19F4N7O3S. The van der Waals surface area contributed by atoms with Crippen LogP contribution in [0.25, 0.3) is 0 Å². The molecule has 1 aliphatic rings. The highest BCUT2D eigenvalue weighted by Gasteiger charge is 2.42. The van der Waals surface area contributed by atoms with Crippen LogP contribution in [-0.4, -0.2) is 36.8 Å². The lowest BCUT2D eigenvalue weighted by molar-refractivity contribution is -0.142. The van der Waals surface area contributed by atoms with Gasteiger partial charge in [-0.3, -0.25) is 4.79 Å². The van der Waals surface area contributed by atoms with Gasteiger partial charge in [-0.1, -0.05) is 6.07 Å². The second-order valence-corrected chi connectivity index (χ2v) is 10.9. The van der Waals surface area contributed by atoms with E-state index in [1.807, 2.05) is 0 Å². The lowest BCUT2D eigenvalue weighted by Gasteiger charge is -2.33. The van der Waals surface area contributed by atoms with Crippen molar-refractivity contribution in [3.05, 3.63) is 58.7 Å². The van der Waals surface area contributed by atoms with E-state index < -0.39 is 61.6 Å². The van der Waals surface area contributed by atoms with Crippen LogP contribution in [0.3, 0.4) is 0 Å². The van der Waals surface area contributed by atoms with E-state index in [0.29, 0.717) is 12.8 Å². The minimum atomic E-state index is -4.97. The molecule has 1 aliphatic carbocycles. The molecule has 0 bridgehead atoms. The van der Waals surface area contributed by atoms with Crippen molar-refractivity contribution < 1.29 is 31.3 Å². The quantitative estimate of drug-likeness (QED) is 0.417. The summed E-state index contributed by atoms with van der Waals surface area (Å²) in [6, 6.07) is 8.45.